The van der Waals surface area contributed by atoms with E-state index in [9.17, 15) is 17.6 Å². The van der Waals surface area contributed by atoms with E-state index in [1.807, 2.05) is 0 Å². The van der Waals surface area contributed by atoms with Gasteiger partial charge in [-0.3, -0.25) is 10.8 Å². The summed E-state index contributed by atoms with van der Waals surface area (Å²) in [4.78, 5) is 0. The molecule has 11 heteroatoms. The van der Waals surface area contributed by atoms with Gasteiger partial charge in [0.05, 0.1) is 11.4 Å². The number of nitriles is 1. The van der Waals surface area contributed by atoms with Crippen LogP contribution in [0.1, 0.15) is 29.8 Å². The third kappa shape index (κ3) is 3.66. The first kappa shape index (κ1) is 19.3. The fourth-order valence-corrected chi connectivity index (χ4v) is 3.07. The van der Waals surface area contributed by atoms with Crippen LogP contribution in [0.25, 0.3) is 5.69 Å². The Balaban J connectivity index is 2.14. The maximum absolute atomic E-state index is 13.7. The van der Waals surface area contributed by atoms with Crippen molar-refractivity contribution in [2.45, 2.75) is 31.9 Å². The highest BCUT2D eigenvalue weighted by Crippen LogP contribution is 2.37. The number of hydrogen-bond donors (Lipinski definition) is 3. The molecule has 7 nitrogen and oxygen atoms in total. The van der Waals surface area contributed by atoms with Crippen molar-refractivity contribution in [2.24, 2.45) is 10.8 Å². The Hall–Kier alpha value is -3.42. The molecule has 4 N–H and O–H groups in total. The lowest BCUT2D eigenvalue weighted by Crippen LogP contribution is -2.22. The summed E-state index contributed by atoms with van der Waals surface area (Å²) in [5, 5.41) is 23.5. The quantitative estimate of drug-likeness (QED) is 0.320. The standard InChI is InChI=1S/C17H15F4N7/c18-9-5-6-14(11(7-9)25-26-12(8-22)16(23)24)28-13-4-2-1-3-10(13)15(27-28)17(19,20)21/h5-7,25H,1-4H2,(H3,23,24)/b26-12+. The smallest absolute Gasteiger partial charge is 0.382 e. The normalized spacial score (nSPS) is 14.3. The molecular formula is C17H15F4N7. The molecule has 0 aliphatic heterocycles. The van der Waals surface area contributed by atoms with Crippen molar-refractivity contribution in [2.75, 3.05) is 5.43 Å². The summed E-state index contributed by atoms with van der Waals surface area (Å²) >= 11 is 0. The zero-order chi connectivity index (χ0) is 20.5. The molecule has 28 heavy (non-hydrogen) atoms. The number of hydrazone groups is 1. The van der Waals surface area contributed by atoms with Crippen molar-refractivity contribution in [3.8, 4) is 11.8 Å². The molecule has 0 bridgehead atoms. The van der Waals surface area contributed by atoms with Gasteiger partial charge in [-0.1, -0.05) is 0 Å². The fraction of sp³-hybridized carbons (Fsp3) is 0.294. The minimum atomic E-state index is -4.61. The second-order valence-electron chi connectivity index (χ2n) is 6.15. The third-order valence-electron chi connectivity index (χ3n) is 4.28. The minimum Gasteiger partial charge on any atom is -0.382 e. The van der Waals surface area contributed by atoms with Gasteiger partial charge in [-0.15, -0.1) is 0 Å². The summed E-state index contributed by atoms with van der Waals surface area (Å²) in [7, 11) is 0. The van der Waals surface area contributed by atoms with Gasteiger partial charge in [0.2, 0.25) is 5.71 Å². The van der Waals surface area contributed by atoms with Crippen LogP contribution in [0.15, 0.2) is 23.3 Å². The van der Waals surface area contributed by atoms with Crippen LogP contribution in [-0.2, 0) is 19.0 Å². The average molecular weight is 393 g/mol. The predicted octanol–water partition coefficient (Wildman–Crippen LogP) is 3.14. The Labute approximate surface area is 157 Å². The summed E-state index contributed by atoms with van der Waals surface area (Å²) in [5.41, 5.74) is 6.87. The van der Waals surface area contributed by atoms with E-state index in [1.54, 1.807) is 6.07 Å². The Bertz CT molecular complexity index is 998. The number of aromatic nitrogens is 2. The highest BCUT2D eigenvalue weighted by molar-refractivity contribution is 6.45. The molecule has 146 valence electrons. The number of hydrogen-bond acceptors (Lipinski definition) is 5. The van der Waals surface area contributed by atoms with E-state index in [1.165, 1.54) is 6.07 Å². The monoisotopic (exact) mass is 393 g/mol. The van der Waals surface area contributed by atoms with E-state index >= 15 is 0 Å². The number of anilines is 1. The molecule has 0 saturated heterocycles. The van der Waals surface area contributed by atoms with Crippen LogP contribution in [0, 0.1) is 22.6 Å². The van der Waals surface area contributed by atoms with Gasteiger partial charge < -0.3 is 5.73 Å². The van der Waals surface area contributed by atoms with Gasteiger partial charge in [0.15, 0.2) is 11.5 Å². The Morgan fingerprint density at radius 2 is 2.04 bits per heavy atom. The molecular weight excluding hydrogens is 378 g/mol. The molecule has 3 rings (SSSR count). The number of rotatable bonds is 4. The van der Waals surface area contributed by atoms with E-state index in [0.717, 1.165) is 16.8 Å². The number of fused-ring (bicyclic) bond motifs is 1. The van der Waals surface area contributed by atoms with Gasteiger partial charge in [-0.05, 0) is 37.8 Å². The van der Waals surface area contributed by atoms with Crippen LogP contribution < -0.4 is 11.2 Å². The van der Waals surface area contributed by atoms with Gasteiger partial charge >= 0.3 is 6.18 Å². The van der Waals surface area contributed by atoms with Gasteiger partial charge in [0.25, 0.3) is 0 Å². The third-order valence-corrected chi connectivity index (χ3v) is 4.28. The molecule has 1 aromatic carbocycles. The molecule has 0 unspecified atom stereocenters. The van der Waals surface area contributed by atoms with Gasteiger partial charge in [-0.25, -0.2) is 9.07 Å². The highest BCUT2D eigenvalue weighted by Gasteiger charge is 2.39. The van der Waals surface area contributed by atoms with E-state index < -0.39 is 29.2 Å². The molecule has 0 spiro atoms. The average Bonchev–Trinajstić information content (AvgIpc) is 3.02. The van der Waals surface area contributed by atoms with Crippen LogP contribution in [0.3, 0.4) is 0 Å². The fourth-order valence-electron chi connectivity index (χ4n) is 3.07. The number of benzene rings is 1. The molecule has 1 heterocycles. The van der Waals surface area contributed by atoms with Crippen molar-refractivity contribution in [1.29, 1.82) is 10.7 Å². The predicted molar refractivity (Wildman–Crippen MR) is 93.8 cm³/mol. The summed E-state index contributed by atoms with van der Waals surface area (Å²) in [5.74, 6) is -1.27. The summed E-state index contributed by atoms with van der Waals surface area (Å²) in [6.45, 7) is 0. The van der Waals surface area contributed by atoms with Crippen molar-refractivity contribution in [1.82, 2.24) is 9.78 Å². The van der Waals surface area contributed by atoms with Crippen molar-refractivity contribution in [3.63, 3.8) is 0 Å². The van der Waals surface area contributed by atoms with Crippen LogP contribution >= 0.6 is 0 Å². The van der Waals surface area contributed by atoms with Crippen LogP contribution in [0.2, 0.25) is 0 Å². The minimum absolute atomic E-state index is 0.0152. The lowest BCUT2D eigenvalue weighted by atomic mass is 9.95. The van der Waals surface area contributed by atoms with Crippen molar-refractivity contribution < 1.29 is 17.6 Å². The van der Waals surface area contributed by atoms with E-state index in [0.29, 0.717) is 25.0 Å². The number of amidine groups is 1. The van der Waals surface area contributed by atoms with Crippen LogP contribution in [-0.4, -0.2) is 21.3 Å². The molecule has 0 radical (unpaired) electrons. The summed E-state index contributed by atoms with van der Waals surface area (Å²) < 4.78 is 55.1. The first-order valence-corrected chi connectivity index (χ1v) is 8.28. The van der Waals surface area contributed by atoms with E-state index in [-0.39, 0.29) is 23.4 Å². The molecule has 0 amide bonds. The lowest BCUT2D eigenvalue weighted by molar-refractivity contribution is -0.142. The number of halogens is 4. The van der Waals surface area contributed by atoms with E-state index in [4.69, 9.17) is 16.4 Å². The molecule has 0 fully saturated rings. The molecule has 1 aromatic heterocycles. The van der Waals surface area contributed by atoms with Crippen LogP contribution in [0.4, 0.5) is 23.2 Å². The Morgan fingerprint density at radius 3 is 2.68 bits per heavy atom. The topological polar surface area (TPSA) is 116 Å². The van der Waals surface area contributed by atoms with Crippen molar-refractivity contribution >= 4 is 17.2 Å². The number of nitrogens with zero attached hydrogens (tertiary/aromatic N) is 4. The second-order valence-corrected chi connectivity index (χ2v) is 6.15. The van der Waals surface area contributed by atoms with Gasteiger partial charge in [-0.2, -0.15) is 28.6 Å². The van der Waals surface area contributed by atoms with E-state index in [2.05, 4.69) is 15.6 Å². The zero-order valence-electron chi connectivity index (χ0n) is 14.4. The Morgan fingerprint density at radius 1 is 1.32 bits per heavy atom. The molecule has 1 aliphatic rings. The first-order chi connectivity index (χ1) is 13.2. The number of nitrogens with two attached hydrogens (primary N) is 1. The number of alkyl halides is 3. The summed E-state index contributed by atoms with van der Waals surface area (Å²) in [6, 6.07) is 4.97. The number of nitrogens with one attached hydrogen (secondary N) is 2. The SMILES string of the molecule is N#C/C(=N\Nc1cc(F)ccc1-n1nc(C(F)(F)F)c2c1CCCC2)C(=N)N. The maximum Gasteiger partial charge on any atom is 0.435 e. The first-order valence-electron chi connectivity index (χ1n) is 8.28. The van der Waals surface area contributed by atoms with Crippen molar-refractivity contribution in [3.05, 3.63) is 41.0 Å². The highest BCUT2D eigenvalue weighted by atomic mass is 19.4. The zero-order valence-corrected chi connectivity index (χ0v) is 14.4. The van der Waals surface area contributed by atoms with Crippen LogP contribution in [0.5, 0.6) is 0 Å². The molecule has 1 aliphatic carbocycles. The van der Waals surface area contributed by atoms with Gasteiger partial charge in [0, 0.05) is 17.3 Å². The molecule has 2 aromatic rings. The largest absolute Gasteiger partial charge is 0.435 e. The maximum atomic E-state index is 13.7. The second kappa shape index (κ2) is 7.30. The van der Waals surface area contributed by atoms with Gasteiger partial charge in [0.1, 0.15) is 11.9 Å². The lowest BCUT2D eigenvalue weighted by Gasteiger charge is -2.16. The molecule has 0 atom stereocenters. The summed E-state index contributed by atoms with van der Waals surface area (Å²) in [6.07, 6.45) is -2.61. The Kier molecular flexibility index (Phi) is 5.04. The molecule has 0 saturated carbocycles.